The molecule has 2 amide bonds. The molecule has 6 rings (SSSR count). The summed E-state index contributed by atoms with van der Waals surface area (Å²) >= 11 is 23.5. The molecule has 2 N–H and O–H groups in total. The summed E-state index contributed by atoms with van der Waals surface area (Å²) in [6.45, 7) is 2.58. The van der Waals surface area contributed by atoms with E-state index in [9.17, 15) is 19.8 Å². The maximum Gasteiger partial charge on any atom is 0.246 e. The van der Waals surface area contributed by atoms with Crippen LogP contribution in [0.4, 0.5) is 0 Å². The second-order valence-electron chi connectivity index (χ2n) is 13.4. The quantitative estimate of drug-likeness (QED) is 0.155. The maximum absolute atomic E-state index is 13.2. The van der Waals surface area contributed by atoms with E-state index in [0.717, 1.165) is 77.8 Å². The first kappa shape index (κ1) is 39.8. The Morgan fingerprint density at radius 3 is 1.49 bits per heavy atom. The lowest BCUT2D eigenvalue weighted by molar-refractivity contribution is -0.128. The van der Waals surface area contributed by atoms with Gasteiger partial charge in [-0.3, -0.25) is 9.59 Å². The van der Waals surface area contributed by atoms with Gasteiger partial charge in [-0.25, -0.2) is 0 Å². The number of carbonyl (C=O) groups excluding carboxylic acids is 2. The van der Waals surface area contributed by atoms with E-state index in [-0.39, 0.29) is 36.9 Å². The number of aliphatic hydroxyl groups excluding tert-OH is 2. The number of benzene rings is 4. The van der Waals surface area contributed by atoms with Gasteiger partial charge in [-0.15, -0.1) is 0 Å². The number of halogens is 4. The molecule has 2 atom stereocenters. The predicted octanol–water partition coefficient (Wildman–Crippen LogP) is 10.5. The van der Waals surface area contributed by atoms with E-state index in [2.05, 4.69) is 31.9 Å². The van der Waals surface area contributed by atoms with Crippen molar-refractivity contribution < 1.29 is 19.8 Å². The zero-order valence-corrected chi connectivity index (χ0v) is 34.5. The van der Waals surface area contributed by atoms with Crippen molar-refractivity contribution in [1.29, 1.82) is 0 Å². The van der Waals surface area contributed by atoms with Crippen LogP contribution in [0.25, 0.3) is 34.4 Å². The Balaban J connectivity index is 1.35. The van der Waals surface area contributed by atoms with Crippen molar-refractivity contribution in [2.45, 2.75) is 35.5 Å². The van der Waals surface area contributed by atoms with Gasteiger partial charge < -0.3 is 20.0 Å². The molecule has 53 heavy (non-hydrogen) atoms. The van der Waals surface area contributed by atoms with Crippen LogP contribution in [0.5, 0.6) is 0 Å². The molecule has 0 aromatic heterocycles. The first-order valence-corrected chi connectivity index (χ1v) is 20.8. The summed E-state index contributed by atoms with van der Waals surface area (Å²) in [6.07, 6.45) is 10.4. The van der Waals surface area contributed by atoms with E-state index in [1.54, 1.807) is 22.0 Å². The second kappa shape index (κ2) is 18.6. The normalized spacial score (nSPS) is 17.9. The Morgan fingerprint density at radius 2 is 1.09 bits per heavy atom. The molecule has 4 aromatic carbocycles. The highest BCUT2D eigenvalue weighted by Gasteiger charge is 2.24. The summed E-state index contributed by atoms with van der Waals surface area (Å²) in [6, 6.07) is 23.5. The fraction of sp³-hybridized carbons (Fsp3) is 0.286. The average Bonchev–Trinajstić information content (AvgIpc) is 3.18. The van der Waals surface area contributed by atoms with Gasteiger partial charge in [-0.2, -0.15) is 0 Å². The molecule has 0 bridgehead atoms. The molecule has 0 saturated carbocycles. The third-order valence-corrected chi connectivity index (χ3v) is 13.3. The number of nitrogens with zero attached hydrogens (tertiary/aromatic N) is 2. The number of rotatable bonds is 10. The van der Waals surface area contributed by atoms with Crippen molar-refractivity contribution in [2.24, 2.45) is 11.8 Å². The van der Waals surface area contributed by atoms with Crippen molar-refractivity contribution in [3.05, 3.63) is 115 Å². The van der Waals surface area contributed by atoms with Gasteiger partial charge in [-0.05, 0) is 96.2 Å². The molecule has 0 radical (unpaired) electrons. The minimum Gasteiger partial charge on any atom is -0.396 e. The molecule has 4 aromatic rings. The Morgan fingerprint density at radius 1 is 0.679 bits per heavy atom. The van der Waals surface area contributed by atoms with Crippen LogP contribution in [-0.4, -0.2) is 71.2 Å². The van der Waals surface area contributed by atoms with Crippen LogP contribution in [0.15, 0.2) is 104 Å². The third-order valence-electron chi connectivity index (χ3n) is 9.77. The van der Waals surface area contributed by atoms with Gasteiger partial charge in [0.05, 0.1) is 10.0 Å². The summed E-state index contributed by atoms with van der Waals surface area (Å²) in [4.78, 5) is 31.6. The highest BCUT2D eigenvalue weighted by Crippen LogP contribution is 2.48. The van der Waals surface area contributed by atoms with Gasteiger partial charge in [0.2, 0.25) is 11.8 Å². The van der Waals surface area contributed by atoms with Crippen molar-refractivity contribution >= 4 is 90.8 Å². The lowest BCUT2D eigenvalue weighted by Gasteiger charge is -2.31. The predicted molar refractivity (Wildman–Crippen MR) is 224 cm³/mol. The fourth-order valence-electron chi connectivity index (χ4n) is 6.93. The SMILES string of the molecule is O=C(C=Cc1ccc(Sc2ccc(C=CC(=O)N3CCCC(CO)C3)c(-c3ccccc3Br)c2Cl)c(Cl)c1-c1ccccc1Br)N1CCCC(CO)C1. The zero-order valence-electron chi connectivity index (χ0n) is 29.0. The van der Waals surface area contributed by atoms with Gasteiger partial charge in [-0.1, -0.05) is 115 Å². The molecule has 2 heterocycles. The number of amides is 2. The molecular formula is C42H40Br2Cl2N2O4S. The Kier molecular flexibility index (Phi) is 14.0. The van der Waals surface area contributed by atoms with Gasteiger partial charge >= 0.3 is 0 Å². The Hall–Kier alpha value is -2.89. The number of carbonyl (C=O) groups is 2. The lowest BCUT2D eigenvalue weighted by atomic mass is 9.98. The molecule has 0 aliphatic carbocycles. The van der Waals surface area contributed by atoms with Crippen LogP contribution in [0.2, 0.25) is 10.0 Å². The maximum atomic E-state index is 13.2. The smallest absolute Gasteiger partial charge is 0.246 e. The van der Waals surface area contributed by atoms with E-state index >= 15 is 0 Å². The van der Waals surface area contributed by atoms with E-state index in [0.29, 0.717) is 36.2 Å². The first-order chi connectivity index (χ1) is 25.7. The topological polar surface area (TPSA) is 81.1 Å². The van der Waals surface area contributed by atoms with Crippen LogP contribution in [0, 0.1) is 11.8 Å². The number of piperidine rings is 2. The summed E-state index contributed by atoms with van der Waals surface area (Å²) in [7, 11) is 0. The van der Waals surface area contributed by atoms with Crippen LogP contribution in [0.3, 0.4) is 0 Å². The van der Waals surface area contributed by atoms with Gasteiger partial charge in [0.1, 0.15) is 0 Å². The van der Waals surface area contributed by atoms with Crippen molar-refractivity contribution in [1.82, 2.24) is 9.80 Å². The number of hydrogen-bond donors (Lipinski definition) is 2. The first-order valence-electron chi connectivity index (χ1n) is 17.7. The van der Waals surface area contributed by atoms with Crippen LogP contribution in [-0.2, 0) is 9.59 Å². The average molecular weight is 900 g/mol. The van der Waals surface area contributed by atoms with Gasteiger partial charge in [0.15, 0.2) is 0 Å². The highest BCUT2D eigenvalue weighted by molar-refractivity contribution is 9.11. The summed E-state index contributed by atoms with van der Waals surface area (Å²) in [5.74, 6) is 0.0166. The Labute approximate surface area is 342 Å². The summed E-state index contributed by atoms with van der Waals surface area (Å²) in [5, 5.41) is 20.4. The molecule has 2 saturated heterocycles. The molecular weight excluding hydrogens is 859 g/mol. The molecule has 2 aliphatic heterocycles. The molecule has 2 unspecified atom stereocenters. The zero-order chi connectivity index (χ0) is 37.5. The molecule has 2 aliphatic rings. The highest BCUT2D eigenvalue weighted by atomic mass is 79.9. The Bertz CT molecular complexity index is 1900. The van der Waals surface area contributed by atoms with E-state index in [4.69, 9.17) is 23.2 Å². The minimum absolute atomic E-state index is 0.0762. The van der Waals surface area contributed by atoms with Crippen LogP contribution >= 0.6 is 66.8 Å². The minimum atomic E-state index is -0.0942. The molecule has 11 heteroatoms. The van der Waals surface area contributed by atoms with Gasteiger partial charge in [0, 0.05) is 81.4 Å². The number of likely N-dealkylation sites (tertiary alicyclic amines) is 2. The molecule has 0 spiro atoms. The van der Waals surface area contributed by atoms with Crippen molar-refractivity contribution in [2.75, 3.05) is 39.4 Å². The number of aliphatic hydroxyl groups is 2. The molecule has 2 fully saturated rings. The van der Waals surface area contributed by atoms with Crippen molar-refractivity contribution in [3.63, 3.8) is 0 Å². The second-order valence-corrected chi connectivity index (χ2v) is 16.9. The largest absolute Gasteiger partial charge is 0.396 e. The van der Waals surface area contributed by atoms with E-state index in [1.807, 2.05) is 84.9 Å². The van der Waals surface area contributed by atoms with Crippen LogP contribution < -0.4 is 0 Å². The van der Waals surface area contributed by atoms with E-state index in [1.165, 1.54) is 11.8 Å². The summed E-state index contributed by atoms with van der Waals surface area (Å²) in [5.41, 5.74) is 4.91. The monoisotopic (exact) mass is 896 g/mol. The third kappa shape index (κ3) is 9.50. The van der Waals surface area contributed by atoms with Gasteiger partial charge in [0.25, 0.3) is 0 Å². The molecule has 276 valence electrons. The van der Waals surface area contributed by atoms with E-state index < -0.39 is 0 Å². The lowest BCUT2D eigenvalue weighted by Crippen LogP contribution is -2.40. The van der Waals surface area contributed by atoms with Crippen LogP contribution in [0.1, 0.15) is 36.8 Å². The molecule has 6 nitrogen and oxygen atoms in total. The summed E-state index contributed by atoms with van der Waals surface area (Å²) < 4.78 is 1.73. The van der Waals surface area contributed by atoms with Crippen molar-refractivity contribution in [3.8, 4) is 22.3 Å². The standard InChI is InChI=1S/C42H40Br2Cl2N2O4S/c43-33-11-3-1-9-31(33)39-29(15-19-37(51)47-21-5-7-27(23-47)25-49)13-17-35(41(39)45)53-36-18-14-30(40(42(36)46)32-10-2-4-12-34(32)44)16-20-38(52)48-22-6-8-28(24-48)26-50/h1-4,9-20,27-28,49-50H,5-8,21-26H2. The fourth-order valence-corrected chi connectivity index (χ4v) is 9.57. The number of hydrogen-bond acceptors (Lipinski definition) is 5.